The van der Waals surface area contributed by atoms with Crippen LogP contribution in [-0.4, -0.2) is 22.3 Å². The lowest BCUT2D eigenvalue weighted by Crippen LogP contribution is -2.39. The molecule has 0 saturated carbocycles. The molecule has 1 atom stereocenters. The molecule has 0 aliphatic carbocycles. The highest BCUT2D eigenvalue weighted by Gasteiger charge is 2.32. The molecule has 0 fully saturated rings. The zero-order valence-electron chi connectivity index (χ0n) is 7.72. The first kappa shape index (κ1) is 10.9. The van der Waals surface area contributed by atoms with Crippen molar-refractivity contribution in [3.8, 4) is 0 Å². The van der Waals surface area contributed by atoms with E-state index in [0.717, 1.165) is 18.7 Å². The van der Waals surface area contributed by atoms with Crippen molar-refractivity contribution in [1.29, 1.82) is 0 Å². The van der Waals surface area contributed by atoms with Gasteiger partial charge in [-0.05, 0) is 13.0 Å². The third-order valence-corrected chi connectivity index (χ3v) is 5.32. The first-order chi connectivity index (χ1) is 5.24. The summed E-state index contributed by atoms with van der Waals surface area (Å²) < 4.78 is 11.0. The fourth-order valence-corrected chi connectivity index (χ4v) is 3.22. The summed E-state index contributed by atoms with van der Waals surface area (Å²) in [6, 6.07) is 1.87. The fraction of sp³-hybridized carbons (Fsp3) is 0.750. The lowest BCUT2D eigenvalue weighted by Gasteiger charge is -2.25. The van der Waals surface area contributed by atoms with Crippen molar-refractivity contribution in [2.75, 3.05) is 13.7 Å². The third-order valence-electron chi connectivity index (χ3n) is 1.77. The van der Waals surface area contributed by atoms with Gasteiger partial charge in [0.1, 0.15) is 0 Å². The molecular weight excluding hydrogens is 156 g/mol. The van der Waals surface area contributed by atoms with Crippen LogP contribution in [0.15, 0.2) is 12.7 Å². The summed E-state index contributed by atoms with van der Waals surface area (Å²) in [5.41, 5.74) is 0. The monoisotopic (exact) mass is 174 g/mol. The van der Waals surface area contributed by atoms with Gasteiger partial charge < -0.3 is 8.85 Å². The molecule has 1 unspecified atom stereocenters. The molecule has 0 rings (SSSR count). The molecule has 0 radical (unpaired) electrons. The topological polar surface area (TPSA) is 18.5 Å². The molecule has 0 aliphatic rings. The SMILES string of the molecule is C=CC[Si](CC)(OC)OCC. The van der Waals surface area contributed by atoms with Gasteiger partial charge in [0.25, 0.3) is 0 Å². The van der Waals surface area contributed by atoms with E-state index in [4.69, 9.17) is 8.85 Å². The van der Waals surface area contributed by atoms with Gasteiger partial charge in [-0.2, -0.15) is 0 Å². The van der Waals surface area contributed by atoms with Crippen LogP contribution in [0.25, 0.3) is 0 Å². The summed E-state index contributed by atoms with van der Waals surface area (Å²) in [4.78, 5) is 0. The number of rotatable bonds is 6. The Bertz CT molecular complexity index is 111. The second-order valence-corrected chi connectivity index (χ2v) is 6.03. The maximum atomic E-state index is 5.61. The Kier molecular flexibility index (Phi) is 5.46. The van der Waals surface area contributed by atoms with Gasteiger partial charge in [0, 0.05) is 19.8 Å². The van der Waals surface area contributed by atoms with Crippen LogP contribution in [0.2, 0.25) is 12.1 Å². The maximum absolute atomic E-state index is 5.61. The Hall–Kier alpha value is -0.123. The minimum absolute atomic E-state index is 0.738. The van der Waals surface area contributed by atoms with Crippen molar-refractivity contribution >= 4 is 8.56 Å². The number of allylic oxidation sites excluding steroid dienone is 1. The van der Waals surface area contributed by atoms with Crippen LogP contribution in [0.5, 0.6) is 0 Å². The summed E-state index contributed by atoms with van der Waals surface area (Å²) in [5, 5.41) is 0. The fourth-order valence-electron chi connectivity index (χ4n) is 1.07. The number of hydrogen-bond donors (Lipinski definition) is 0. The average Bonchev–Trinajstić information content (AvgIpc) is 2.04. The molecular formula is C8H18O2Si. The van der Waals surface area contributed by atoms with Gasteiger partial charge >= 0.3 is 8.56 Å². The lowest BCUT2D eigenvalue weighted by atomic mass is 10.8. The molecule has 0 aliphatic heterocycles. The van der Waals surface area contributed by atoms with Crippen molar-refractivity contribution in [3.05, 3.63) is 12.7 Å². The summed E-state index contributed by atoms with van der Waals surface area (Å²) in [6.07, 6.45) is 1.88. The quantitative estimate of drug-likeness (QED) is 0.454. The Labute approximate surface area is 70.5 Å². The van der Waals surface area contributed by atoms with E-state index >= 15 is 0 Å². The Morgan fingerprint density at radius 3 is 2.36 bits per heavy atom. The smallest absolute Gasteiger partial charge is 0.341 e. The average molecular weight is 174 g/mol. The lowest BCUT2D eigenvalue weighted by molar-refractivity contribution is 0.212. The predicted octanol–water partition coefficient (Wildman–Crippen LogP) is 2.32. The van der Waals surface area contributed by atoms with E-state index in [9.17, 15) is 0 Å². The summed E-state index contributed by atoms with van der Waals surface area (Å²) in [5.74, 6) is 0. The molecule has 0 aromatic rings. The van der Waals surface area contributed by atoms with E-state index in [0.29, 0.717) is 0 Å². The van der Waals surface area contributed by atoms with Gasteiger partial charge in [0.15, 0.2) is 0 Å². The molecule has 2 nitrogen and oxygen atoms in total. The normalized spacial score (nSPS) is 15.9. The van der Waals surface area contributed by atoms with Gasteiger partial charge in [-0.1, -0.05) is 13.0 Å². The largest absolute Gasteiger partial charge is 0.397 e. The van der Waals surface area contributed by atoms with Gasteiger partial charge in [-0.25, -0.2) is 0 Å². The summed E-state index contributed by atoms with van der Waals surface area (Å²) >= 11 is 0. The summed E-state index contributed by atoms with van der Waals surface area (Å²) in [7, 11) is -0.130. The summed E-state index contributed by atoms with van der Waals surface area (Å²) in [6.45, 7) is 8.54. The predicted molar refractivity (Wildman–Crippen MR) is 49.9 cm³/mol. The van der Waals surface area contributed by atoms with E-state index in [1.165, 1.54) is 0 Å². The molecule has 0 heterocycles. The Balaban J connectivity index is 4.06. The molecule has 0 aromatic carbocycles. The molecule has 66 valence electrons. The molecule has 0 bridgehead atoms. The molecule has 0 saturated heterocycles. The van der Waals surface area contributed by atoms with Crippen molar-refractivity contribution in [2.45, 2.75) is 25.9 Å². The van der Waals surface area contributed by atoms with E-state index in [-0.39, 0.29) is 0 Å². The van der Waals surface area contributed by atoms with Crippen molar-refractivity contribution in [3.63, 3.8) is 0 Å². The zero-order chi connectivity index (χ0) is 8.74. The van der Waals surface area contributed by atoms with Gasteiger partial charge in [-0.15, -0.1) is 6.58 Å². The Morgan fingerprint density at radius 1 is 1.45 bits per heavy atom. The van der Waals surface area contributed by atoms with E-state index in [1.807, 2.05) is 13.0 Å². The molecule has 3 heteroatoms. The van der Waals surface area contributed by atoms with E-state index in [2.05, 4.69) is 13.5 Å². The maximum Gasteiger partial charge on any atom is 0.341 e. The van der Waals surface area contributed by atoms with Gasteiger partial charge in [0.05, 0.1) is 0 Å². The van der Waals surface area contributed by atoms with Crippen LogP contribution in [0.3, 0.4) is 0 Å². The molecule has 0 spiro atoms. The van der Waals surface area contributed by atoms with E-state index in [1.54, 1.807) is 7.11 Å². The first-order valence-electron chi connectivity index (χ1n) is 4.04. The Morgan fingerprint density at radius 2 is 2.09 bits per heavy atom. The highest BCUT2D eigenvalue weighted by molar-refractivity contribution is 6.67. The molecule has 11 heavy (non-hydrogen) atoms. The third kappa shape index (κ3) is 3.18. The standard InChI is InChI=1S/C8H18O2Si/c1-5-8-11(7-3,9-4)10-6-2/h5H,1,6-8H2,2-4H3. The molecule has 0 N–H and O–H groups in total. The van der Waals surface area contributed by atoms with Crippen molar-refractivity contribution in [1.82, 2.24) is 0 Å². The van der Waals surface area contributed by atoms with Crippen LogP contribution < -0.4 is 0 Å². The van der Waals surface area contributed by atoms with Gasteiger partial charge in [-0.3, -0.25) is 0 Å². The highest BCUT2D eigenvalue weighted by atomic mass is 28.4. The van der Waals surface area contributed by atoms with Crippen LogP contribution in [0.4, 0.5) is 0 Å². The highest BCUT2D eigenvalue weighted by Crippen LogP contribution is 2.17. The van der Waals surface area contributed by atoms with E-state index < -0.39 is 8.56 Å². The van der Waals surface area contributed by atoms with Crippen LogP contribution in [0, 0.1) is 0 Å². The first-order valence-corrected chi connectivity index (χ1v) is 6.27. The van der Waals surface area contributed by atoms with Crippen LogP contribution >= 0.6 is 0 Å². The second-order valence-electron chi connectivity index (χ2n) is 2.39. The van der Waals surface area contributed by atoms with Crippen molar-refractivity contribution < 1.29 is 8.85 Å². The van der Waals surface area contributed by atoms with Crippen LogP contribution in [0.1, 0.15) is 13.8 Å². The second kappa shape index (κ2) is 5.52. The van der Waals surface area contributed by atoms with Gasteiger partial charge in [0.2, 0.25) is 0 Å². The van der Waals surface area contributed by atoms with Crippen LogP contribution in [-0.2, 0) is 8.85 Å². The number of hydrogen-bond acceptors (Lipinski definition) is 2. The van der Waals surface area contributed by atoms with Crippen molar-refractivity contribution in [2.24, 2.45) is 0 Å². The molecule has 0 amide bonds. The zero-order valence-corrected chi connectivity index (χ0v) is 8.72. The minimum atomic E-state index is -1.86. The minimum Gasteiger partial charge on any atom is -0.397 e. The molecule has 0 aromatic heterocycles.